The van der Waals surface area contributed by atoms with Gasteiger partial charge in [0.2, 0.25) is 5.91 Å². The van der Waals surface area contributed by atoms with E-state index in [9.17, 15) is 4.79 Å². The third kappa shape index (κ3) is 3.01. The Morgan fingerprint density at radius 2 is 2.20 bits per heavy atom. The fourth-order valence-corrected chi connectivity index (χ4v) is 4.20. The predicted octanol–water partition coefficient (Wildman–Crippen LogP) is 2.73. The van der Waals surface area contributed by atoms with E-state index in [2.05, 4.69) is 41.8 Å². The van der Waals surface area contributed by atoms with Gasteiger partial charge in [-0.1, -0.05) is 25.1 Å². The highest BCUT2D eigenvalue weighted by Crippen LogP contribution is 2.35. The lowest BCUT2D eigenvalue weighted by molar-refractivity contribution is -0.124. The maximum Gasteiger partial charge on any atom is 0.237 e. The molecule has 0 saturated carbocycles. The molecule has 108 valence electrons. The van der Waals surface area contributed by atoms with Crippen LogP contribution in [0.4, 0.5) is 0 Å². The summed E-state index contributed by atoms with van der Waals surface area (Å²) in [5.74, 6) is 1.89. The van der Waals surface area contributed by atoms with Gasteiger partial charge in [0.25, 0.3) is 0 Å². The number of hydrogen-bond donors (Lipinski definition) is 2. The van der Waals surface area contributed by atoms with Crippen LogP contribution < -0.4 is 10.6 Å². The van der Waals surface area contributed by atoms with Gasteiger partial charge in [0.1, 0.15) is 0 Å². The smallest absolute Gasteiger partial charge is 0.237 e. The largest absolute Gasteiger partial charge is 0.348 e. The molecule has 20 heavy (non-hydrogen) atoms. The summed E-state index contributed by atoms with van der Waals surface area (Å²) in [6.07, 6.45) is 3.15. The highest BCUT2D eigenvalue weighted by atomic mass is 32.2. The number of carbonyl (C=O) groups excluding carboxylic acids is 1. The van der Waals surface area contributed by atoms with E-state index in [4.69, 9.17) is 0 Å². The Balaban J connectivity index is 1.68. The molecule has 1 amide bonds. The van der Waals surface area contributed by atoms with Crippen molar-refractivity contribution in [3.63, 3.8) is 0 Å². The van der Waals surface area contributed by atoms with Gasteiger partial charge in [-0.05, 0) is 43.4 Å². The van der Waals surface area contributed by atoms with Crippen molar-refractivity contribution < 1.29 is 4.79 Å². The van der Waals surface area contributed by atoms with Crippen LogP contribution in [-0.2, 0) is 4.79 Å². The first-order chi connectivity index (χ1) is 9.74. The number of rotatable bonds is 2. The summed E-state index contributed by atoms with van der Waals surface area (Å²) in [6.45, 7) is 3.18. The molecule has 3 rings (SSSR count). The maximum absolute atomic E-state index is 12.4. The van der Waals surface area contributed by atoms with Gasteiger partial charge in [-0.15, -0.1) is 11.8 Å². The summed E-state index contributed by atoms with van der Waals surface area (Å²) in [6, 6.07) is 8.59. The molecule has 3 nitrogen and oxygen atoms in total. The predicted molar refractivity (Wildman–Crippen MR) is 82.9 cm³/mol. The van der Waals surface area contributed by atoms with Crippen LogP contribution in [0.3, 0.4) is 0 Å². The third-order valence-corrected chi connectivity index (χ3v) is 5.38. The number of amides is 1. The number of hydrogen-bond acceptors (Lipinski definition) is 3. The van der Waals surface area contributed by atoms with E-state index in [1.165, 1.54) is 16.9 Å². The fourth-order valence-electron chi connectivity index (χ4n) is 3.07. The van der Waals surface area contributed by atoms with Crippen LogP contribution in [0.25, 0.3) is 0 Å². The molecule has 3 atom stereocenters. The van der Waals surface area contributed by atoms with Crippen molar-refractivity contribution in [1.82, 2.24) is 10.6 Å². The minimum absolute atomic E-state index is 0.0134. The Morgan fingerprint density at radius 1 is 1.35 bits per heavy atom. The molecule has 1 saturated heterocycles. The quantitative estimate of drug-likeness (QED) is 0.880. The topological polar surface area (TPSA) is 41.1 Å². The number of fused-ring (bicyclic) bond motifs is 1. The van der Waals surface area contributed by atoms with Crippen molar-refractivity contribution in [2.45, 2.75) is 43.2 Å². The molecule has 0 radical (unpaired) electrons. The number of nitrogens with one attached hydrogen (secondary N) is 2. The van der Waals surface area contributed by atoms with Gasteiger partial charge in [-0.3, -0.25) is 4.79 Å². The molecule has 2 N–H and O–H groups in total. The first-order valence-electron chi connectivity index (χ1n) is 7.49. The van der Waals surface area contributed by atoms with Crippen molar-refractivity contribution in [2.24, 2.45) is 5.92 Å². The van der Waals surface area contributed by atoms with Crippen molar-refractivity contribution in [3.8, 4) is 0 Å². The monoisotopic (exact) mass is 290 g/mol. The highest BCUT2D eigenvalue weighted by molar-refractivity contribution is 7.99. The van der Waals surface area contributed by atoms with E-state index in [1.807, 2.05) is 11.8 Å². The summed E-state index contributed by atoms with van der Waals surface area (Å²) in [7, 11) is 0. The van der Waals surface area contributed by atoms with Gasteiger partial charge >= 0.3 is 0 Å². The van der Waals surface area contributed by atoms with Crippen molar-refractivity contribution >= 4 is 17.7 Å². The first kappa shape index (κ1) is 14.0. The van der Waals surface area contributed by atoms with E-state index < -0.39 is 0 Å². The molecule has 0 aromatic heterocycles. The van der Waals surface area contributed by atoms with E-state index in [0.29, 0.717) is 5.92 Å². The second-order valence-electron chi connectivity index (χ2n) is 5.87. The van der Waals surface area contributed by atoms with Crippen molar-refractivity contribution in [2.75, 3.05) is 12.3 Å². The van der Waals surface area contributed by atoms with Gasteiger partial charge in [0.15, 0.2) is 0 Å². The number of benzene rings is 1. The zero-order chi connectivity index (χ0) is 13.9. The van der Waals surface area contributed by atoms with E-state index >= 15 is 0 Å². The van der Waals surface area contributed by atoms with Crippen LogP contribution in [0.5, 0.6) is 0 Å². The van der Waals surface area contributed by atoms with Crippen LogP contribution in [-0.4, -0.2) is 24.2 Å². The number of thioether (sulfide) groups is 1. The minimum atomic E-state index is -0.0134. The second kappa shape index (κ2) is 6.19. The third-order valence-electron chi connectivity index (χ3n) is 4.26. The summed E-state index contributed by atoms with van der Waals surface area (Å²) in [5.41, 5.74) is 1.28. The molecule has 0 aliphatic carbocycles. The van der Waals surface area contributed by atoms with Crippen LogP contribution in [0.1, 0.15) is 37.8 Å². The minimum Gasteiger partial charge on any atom is -0.348 e. The number of carbonyl (C=O) groups is 1. The zero-order valence-corrected chi connectivity index (χ0v) is 12.7. The highest BCUT2D eigenvalue weighted by Gasteiger charge is 2.28. The van der Waals surface area contributed by atoms with Gasteiger partial charge in [-0.25, -0.2) is 0 Å². The molecule has 2 heterocycles. The van der Waals surface area contributed by atoms with E-state index in [0.717, 1.165) is 25.1 Å². The van der Waals surface area contributed by atoms with Crippen molar-refractivity contribution in [1.29, 1.82) is 0 Å². The fraction of sp³-hybridized carbons (Fsp3) is 0.562. The lowest BCUT2D eigenvalue weighted by Gasteiger charge is -2.31. The molecular weight excluding hydrogens is 268 g/mol. The zero-order valence-electron chi connectivity index (χ0n) is 11.9. The average Bonchev–Trinajstić information content (AvgIpc) is 2.47. The van der Waals surface area contributed by atoms with E-state index in [1.54, 1.807) is 0 Å². The molecule has 1 aromatic carbocycles. The molecule has 0 spiro atoms. The molecule has 1 aromatic rings. The maximum atomic E-state index is 12.4. The van der Waals surface area contributed by atoms with Crippen LogP contribution in [0.2, 0.25) is 0 Å². The molecule has 1 fully saturated rings. The van der Waals surface area contributed by atoms with E-state index in [-0.39, 0.29) is 18.0 Å². The Labute approximate surface area is 124 Å². The Bertz CT molecular complexity index is 491. The van der Waals surface area contributed by atoms with Crippen LogP contribution in [0.15, 0.2) is 29.2 Å². The molecule has 2 aliphatic rings. The molecule has 2 aliphatic heterocycles. The molecule has 4 heteroatoms. The Hall–Kier alpha value is -1.00. The SMILES string of the molecule is CC1CCNC(C(=O)NC2CCSc3ccccc32)C1. The summed E-state index contributed by atoms with van der Waals surface area (Å²) >= 11 is 1.89. The molecule has 3 unspecified atom stereocenters. The van der Waals surface area contributed by atoms with Gasteiger partial charge in [-0.2, -0.15) is 0 Å². The normalized spacial score (nSPS) is 29.6. The summed E-state index contributed by atoms with van der Waals surface area (Å²) in [5, 5.41) is 6.60. The average molecular weight is 290 g/mol. The number of piperidine rings is 1. The molecular formula is C16H22N2OS. The van der Waals surface area contributed by atoms with Crippen molar-refractivity contribution in [3.05, 3.63) is 29.8 Å². The van der Waals surface area contributed by atoms with Crippen LogP contribution >= 0.6 is 11.8 Å². The van der Waals surface area contributed by atoms with Gasteiger partial charge < -0.3 is 10.6 Å². The lowest BCUT2D eigenvalue weighted by Crippen LogP contribution is -2.49. The second-order valence-corrected chi connectivity index (χ2v) is 7.01. The van der Waals surface area contributed by atoms with Gasteiger partial charge in [0.05, 0.1) is 12.1 Å². The first-order valence-corrected chi connectivity index (χ1v) is 8.48. The summed E-state index contributed by atoms with van der Waals surface area (Å²) < 4.78 is 0. The van der Waals surface area contributed by atoms with Crippen LogP contribution in [0, 0.1) is 5.92 Å². The Morgan fingerprint density at radius 3 is 3.05 bits per heavy atom. The standard InChI is InChI=1S/C16H22N2OS/c1-11-6-8-17-14(10-11)16(19)18-13-7-9-20-15-5-3-2-4-12(13)15/h2-5,11,13-14,17H,6-10H2,1H3,(H,18,19). The Kier molecular flexibility index (Phi) is 4.32. The molecule has 0 bridgehead atoms. The lowest BCUT2D eigenvalue weighted by atomic mass is 9.93. The summed E-state index contributed by atoms with van der Waals surface area (Å²) in [4.78, 5) is 13.8. The van der Waals surface area contributed by atoms with Gasteiger partial charge in [0, 0.05) is 10.6 Å².